The lowest BCUT2D eigenvalue weighted by molar-refractivity contribution is 0.290. The number of para-hydroxylation sites is 1. The van der Waals surface area contributed by atoms with Crippen LogP contribution in [0.3, 0.4) is 0 Å². The zero-order chi connectivity index (χ0) is 10.3. The lowest BCUT2D eigenvalue weighted by atomic mass is 9.75. The van der Waals surface area contributed by atoms with Crippen molar-refractivity contribution in [1.82, 2.24) is 0 Å². The summed E-state index contributed by atoms with van der Waals surface area (Å²) in [5.41, 5.74) is 2.61. The van der Waals surface area contributed by atoms with Crippen LogP contribution in [-0.2, 0) is 0 Å². The molecule has 0 atom stereocenters. The summed E-state index contributed by atoms with van der Waals surface area (Å²) in [6.07, 6.45) is 3.89. The lowest BCUT2D eigenvalue weighted by Gasteiger charge is -2.47. The molecule has 0 aromatic heterocycles. The molecule has 0 unspecified atom stereocenters. The first-order valence-corrected chi connectivity index (χ1v) is 5.52. The highest BCUT2D eigenvalue weighted by molar-refractivity contribution is 5.78. The molecule has 3 rings (SSSR count). The van der Waals surface area contributed by atoms with Crippen LogP contribution in [-0.4, -0.2) is 19.2 Å². The Morgan fingerprint density at radius 1 is 1.33 bits per heavy atom. The van der Waals surface area contributed by atoms with Gasteiger partial charge >= 0.3 is 0 Å². The summed E-state index contributed by atoms with van der Waals surface area (Å²) >= 11 is 0. The van der Waals surface area contributed by atoms with Gasteiger partial charge in [-0.2, -0.15) is 0 Å². The molecule has 3 heteroatoms. The topological polar surface area (TPSA) is 33.3 Å². The Kier molecular flexibility index (Phi) is 1.81. The molecular formula is C12H16N2O. The Morgan fingerprint density at radius 3 is 2.87 bits per heavy atom. The van der Waals surface area contributed by atoms with E-state index in [1.54, 1.807) is 7.11 Å². The number of benzene rings is 1. The maximum Gasteiger partial charge on any atom is 0.144 e. The van der Waals surface area contributed by atoms with Gasteiger partial charge < -0.3 is 15.4 Å². The zero-order valence-electron chi connectivity index (χ0n) is 8.97. The molecule has 1 saturated carbocycles. The molecule has 3 nitrogen and oxygen atoms in total. The molecule has 1 fully saturated rings. The third kappa shape index (κ3) is 1.26. The molecule has 0 amide bonds. The zero-order valence-corrected chi connectivity index (χ0v) is 8.97. The molecular weight excluding hydrogens is 188 g/mol. The van der Waals surface area contributed by atoms with Gasteiger partial charge in [-0.25, -0.2) is 0 Å². The van der Waals surface area contributed by atoms with E-state index in [0.29, 0.717) is 5.54 Å². The average molecular weight is 204 g/mol. The minimum atomic E-state index is 0.319. The summed E-state index contributed by atoms with van der Waals surface area (Å²) in [6.45, 7) is 1.01. The molecule has 80 valence electrons. The Hall–Kier alpha value is -1.38. The Morgan fingerprint density at radius 2 is 2.20 bits per heavy atom. The third-order valence-corrected chi connectivity index (χ3v) is 3.56. The fourth-order valence-electron chi connectivity index (χ4n) is 2.48. The molecule has 0 saturated heterocycles. The molecule has 2 aliphatic rings. The number of methoxy groups -OCH3 is 1. The molecule has 1 heterocycles. The van der Waals surface area contributed by atoms with E-state index < -0.39 is 0 Å². The molecule has 2 N–H and O–H groups in total. The number of nitrogens with one attached hydrogen (secondary N) is 2. The third-order valence-electron chi connectivity index (χ3n) is 3.56. The van der Waals surface area contributed by atoms with E-state index in [4.69, 9.17) is 4.74 Å². The minimum absolute atomic E-state index is 0.319. The fraction of sp³-hybridized carbons (Fsp3) is 0.500. The van der Waals surface area contributed by atoms with E-state index in [0.717, 1.165) is 18.0 Å². The maximum atomic E-state index is 5.33. The van der Waals surface area contributed by atoms with Gasteiger partial charge in [0.15, 0.2) is 0 Å². The Labute approximate surface area is 89.8 Å². The summed E-state index contributed by atoms with van der Waals surface area (Å²) in [7, 11) is 1.71. The first kappa shape index (κ1) is 8.89. The lowest BCUT2D eigenvalue weighted by Crippen LogP contribution is -2.52. The van der Waals surface area contributed by atoms with Gasteiger partial charge in [-0.15, -0.1) is 0 Å². The summed E-state index contributed by atoms with van der Waals surface area (Å²) < 4.78 is 5.33. The molecule has 1 aromatic rings. The van der Waals surface area contributed by atoms with Crippen LogP contribution >= 0.6 is 0 Å². The van der Waals surface area contributed by atoms with Crippen molar-refractivity contribution in [1.29, 1.82) is 0 Å². The van der Waals surface area contributed by atoms with Crippen LogP contribution in [0.2, 0.25) is 0 Å². The van der Waals surface area contributed by atoms with Gasteiger partial charge in [0.05, 0.1) is 18.3 Å². The van der Waals surface area contributed by atoms with E-state index in [2.05, 4.69) is 16.7 Å². The predicted octanol–water partition coefficient (Wildman–Crippen LogP) is 2.46. The SMILES string of the molecule is COc1cccc2c1NCC1(CCC1)N2. The summed E-state index contributed by atoms with van der Waals surface area (Å²) in [6, 6.07) is 6.14. The first-order chi connectivity index (χ1) is 7.33. The molecule has 15 heavy (non-hydrogen) atoms. The van der Waals surface area contributed by atoms with E-state index in [-0.39, 0.29) is 0 Å². The quantitative estimate of drug-likeness (QED) is 0.737. The summed E-state index contributed by atoms with van der Waals surface area (Å²) in [5.74, 6) is 0.925. The highest BCUT2D eigenvalue weighted by atomic mass is 16.5. The van der Waals surface area contributed by atoms with E-state index in [9.17, 15) is 0 Å². The number of hydrogen-bond donors (Lipinski definition) is 2. The second-order valence-corrected chi connectivity index (χ2v) is 4.50. The average Bonchev–Trinajstić information content (AvgIpc) is 2.25. The minimum Gasteiger partial charge on any atom is -0.495 e. The summed E-state index contributed by atoms with van der Waals surface area (Å²) in [4.78, 5) is 0. The van der Waals surface area contributed by atoms with Crippen LogP contribution in [0.15, 0.2) is 18.2 Å². The fourth-order valence-corrected chi connectivity index (χ4v) is 2.48. The van der Waals surface area contributed by atoms with Crippen molar-refractivity contribution < 1.29 is 4.74 Å². The number of hydrogen-bond acceptors (Lipinski definition) is 3. The normalized spacial score (nSPS) is 20.9. The first-order valence-electron chi connectivity index (χ1n) is 5.52. The second-order valence-electron chi connectivity index (χ2n) is 4.50. The molecule has 0 radical (unpaired) electrons. The van der Waals surface area contributed by atoms with Crippen molar-refractivity contribution in [3.63, 3.8) is 0 Å². The van der Waals surface area contributed by atoms with Gasteiger partial charge in [-0.1, -0.05) is 6.07 Å². The monoisotopic (exact) mass is 204 g/mol. The van der Waals surface area contributed by atoms with Crippen molar-refractivity contribution in [3.8, 4) is 5.75 Å². The van der Waals surface area contributed by atoms with Gasteiger partial charge in [0.2, 0.25) is 0 Å². The highest BCUT2D eigenvalue weighted by Gasteiger charge is 2.39. The van der Waals surface area contributed by atoms with Crippen LogP contribution in [0.25, 0.3) is 0 Å². The standard InChI is InChI=1S/C12H16N2O/c1-15-10-5-2-4-9-11(10)13-8-12(14-9)6-3-7-12/h2,4-5,13-14H,3,6-8H2,1H3. The van der Waals surface area contributed by atoms with E-state index in [1.807, 2.05) is 12.1 Å². The number of fused-ring (bicyclic) bond motifs is 1. The smallest absolute Gasteiger partial charge is 0.144 e. The molecule has 1 spiro atoms. The van der Waals surface area contributed by atoms with Crippen molar-refractivity contribution in [2.24, 2.45) is 0 Å². The molecule has 1 aliphatic carbocycles. The molecule has 1 aliphatic heterocycles. The van der Waals surface area contributed by atoms with Crippen LogP contribution in [0.4, 0.5) is 11.4 Å². The number of anilines is 2. The van der Waals surface area contributed by atoms with Crippen LogP contribution in [0, 0.1) is 0 Å². The second kappa shape index (κ2) is 3.05. The van der Waals surface area contributed by atoms with Crippen LogP contribution < -0.4 is 15.4 Å². The highest BCUT2D eigenvalue weighted by Crippen LogP contribution is 2.44. The molecule has 0 bridgehead atoms. The van der Waals surface area contributed by atoms with Gasteiger partial charge in [-0.3, -0.25) is 0 Å². The number of rotatable bonds is 1. The van der Waals surface area contributed by atoms with Gasteiger partial charge in [0.1, 0.15) is 11.4 Å². The Balaban J connectivity index is 1.96. The number of ether oxygens (including phenoxy) is 1. The molecule has 1 aromatic carbocycles. The largest absolute Gasteiger partial charge is 0.495 e. The van der Waals surface area contributed by atoms with E-state index in [1.165, 1.54) is 24.9 Å². The van der Waals surface area contributed by atoms with E-state index >= 15 is 0 Å². The van der Waals surface area contributed by atoms with Crippen LogP contribution in [0.1, 0.15) is 19.3 Å². The van der Waals surface area contributed by atoms with Crippen molar-refractivity contribution in [3.05, 3.63) is 18.2 Å². The Bertz CT molecular complexity index is 385. The van der Waals surface area contributed by atoms with Crippen LogP contribution in [0.5, 0.6) is 5.75 Å². The van der Waals surface area contributed by atoms with Gasteiger partial charge in [0.25, 0.3) is 0 Å². The van der Waals surface area contributed by atoms with Gasteiger partial charge in [-0.05, 0) is 31.4 Å². The van der Waals surface area contributed by atoms with Crippen molar-refractivity contribution in [2.75, 3.05) is 24.3 Å². The summed E-state index contributed by atoms with van der Waals surface area (Å²) in [5, 5.41) is 7.13. The van der Waals surface area contributed by atoms with Crippen molar-refractivity contribution in [2.45, 2.75) is 24.8 Å². The predicted molar refractivity (Wildman–Crippen MR) is 61.7 cm³/mol. The van der Waals surface area contributed by atoms with Gasteiger partial charge in [0, 0.05) is 6.54 Å². The van der Waals surface area contributed by atoms with Crippen molar-refractivity contribution >= 4 is 11.4 Å². The maximum absolute atomic E-state index is 5.33.